The predicted molar refractivity (Wildman–Crippen MR) is 123 cm³/mol. The summed E-state index contributed by atoms with van der Waals surface area (Å²) in [5.41, 5.74) is 1.47. The van der Waals surface area contributed by atoms with Gasteiger partial charge >= 0.3 is 0 Å². The molecule has 8 nitrogen and oxygen atoms in total. The monoisotopic (exact) mass is 468 g/mol. The van der Waals surface area contributed by atoms with Crippen LogP contribution in [0.2, 0.25) is 0 Å². The molecule has 2 aromatic rings. The van der Waals surface area contributed by atoms with Crippen LogP contribution in [0.5, 0.6) is 0 Å². The molecule has 1 N–H and O–H groups in total. The van der Waals surface area contributed by atoms with Crippen molar-refractivity contribution in [3.63, 3.8) is 0 Å². The fraction of sp³-hybridized carbons (Fsp3) is 0.619. The van der Waals surface area contributed by atoms with Crippen LogP contribution >= 0.6 is 11.8 Å². The second-order valence-electron chi connectivity index (χ2n) is 7.52. The average Bonchev–Trinajstić information content (AvgIpc) is 3.39. The maximum absolute atomic E-state index is 12.9. The Hall–Kier alpha value is -1.62. The molecule has 0 aliphatic carbocycles. The van der Waals surface area contributed by atoms with Crippen molar-refractivity contribution in [2.45, 2.75) is 68.5 Å². The van der Waals surface area contributed by atoms with E-state index in [1.807, 2.05) is 32.3 Å². The zero-order valence-electron chi connectivity index (χ0n) is 18.6. The first-order chi connectivity index (χ1) is 14.8. The normalized spacial score (nSPS) is 18.0. The number of carbonyl (C=O) groups is 1. The molecule has 1 saturated heterocycles. The number of fused-ring (bicyclic) bond motifs is 1. The van der Waals surface area contributed by atoms with E-state index < -0.39 is 10.0 Å². The summed E-state index contributed by atoms with van der Waals surface area (Å²) in [6.45, 7) is 10.3. The third-order valence-electron chi connectivity index (χ3n) is 5.52. The Morgan fingerprint density at radius 1 is 1.35 bits per heavy atom. The molecule has 0 spiro atoms. The van der Waals surface area contributed by atoms with Crippen molar-refractivity contribution >= 4 is 38.7 Å². The van der Waals surface area contributed by atoms with E-state index in [9.17, 15) is 13.2 Å². The molecule has 0 unspecified atom stereocenters. The Bertz CT molecular complexity index is 1010. The summed E-state index contributed by atoms with van der Waals surface area (Å²) < 4.78 is 34.7. The minimum atomic E-state index is -3.55. The number of amides is 1. The van der Waals surface area contributed by atoms with Crippen LogP contribution in [-0.4, -0.2) is 65.8 Å². The van der Waals surface area contributed by atoms with Crippen LogP contribution in [0, 0.1) is 0 Å². The topological polar surface area (TPSA) is 93.5 Å². The number of ether oxygens (including phenoxy) is 1. The summed E-state index contributed by atoms with van der Waals surface area (Å²) in [5.74, 6) is -0.0555. The third-order valence-corrected chi connectivity index (χ3v) is 8.66. The molecule has 10 heteroatoms. The van der Waals surface area contributed by atoms with Crippen LogP contribution in [-0.2, 0) is 26.1 Å². The fourth-order valence-electron chi connectivity index (χ4n) is 3.73. The van der Waals surface area contributed by atoms with E-state index in [1.54, 1.807) is 18.2 Å². The molecule has 0 bridgehead atoms. The highest BCUT2D eigenvalue weighted by Crippen LogP contribution is 2.29. The first-order valence-electron chi connectivity index (χ1n) is 10.9. The Morgan fingerprint density at radius 2 is 2.10 bits per heavy atom. The van der Waals surface area contributed by atoms with E-state index in [0.29, 0.717) is 36.9 Å². The van der Waals surface area contributed by atoms with Crippen molar-refractivity contribution in [2.75, 3.05) is 26.2 Å². The number of aromatic nitrogens is 2. The van der Waals surface area contributed by atoms with Gasteiger partial charge in [-0.2, -0.15) is 4.31 Å². The highest BCUT2D eigenvalue weighted by atomic mass is 32.2. The van der Waals surface area contributed by atoms with Crippen LogP contribution in [0.1, 0.15) is 40.5 Å². The molecule has 1 aliphatic rings. The zero-order chi connectivity index (χ0) is 22.6. The smallest absolute Gasteiger partial charge is 0.243 e. The van der Waals surface area contributed by atoms with Crippen LogP contribution in [0.15, 0.2) is 28.3 Å². The van der Waals surface area contributed by atoms with Crippen molar-refractivity contribution < 1.29 is 17.9 Å². The highest BCUT2D eigenvalue weighted by Gasteiger charge is 2.24. The van der Waals surface area contributed by atoms with E-state index in [0.717, 1.165) is 25.0 Å². The van der Waals surface area contributed by atoms with Gasteiger partial charge in [0, 0.05) is 32.8 Å². The van der Waals surface area contributed by atoms with Gasteiger partial charge in [-0.05, 0) is 44.9 Å². The molecule has 1 aromatic heterocycles. The average molecular weight is 469 g/mol. The largest absolute Gasteiger partial charge is 0.376 e. The highest BCUT2D eigenvalue weighted by molar-refractivity contribution is 8.00. The van der Waals surface area contributed by atoms with Crippen LogP contribution in [0.4, 0.5) is 0 Å². The van der Waals surface area contributed by atoms with Crippen molar-refractivity contribution in [2.24, 2.45) is 0 Å². The number of rotatable bonds is 10. The summed E-state index contributed by atoms with van der Waals surface area (Å²) in [6.07, 6.45) is 2.12. The molecule has 0 radical (unpaired) electrons. The van der Waals surface area contributed by atoms with E-state index in [4.69, 9.17) is 4.74 Å². The van der Waals surface area contributed by atoms with Gasteiger partial charge in [0.15, 0.2) is 5.16 Å². The number of hydrogen-bond acceptors (Lipinski definition) is 6. The number of aryl methyl sites for hydroxylation is 1. The second kappa shape index (κ2) is 10.3. The Morgan fingerprint density at radius 3 is 2.71 bits per heavy atom. The van der Waals surface area contributed by atoms with Gasteiger partial charge in [-0.3, -0.25) is 4.79 Å². The molecule has 2 heterocycles. The molecule has 172 valence electrons. The Kier molecular flexibility index (Phi) is 8.01. The molecule has 1 fully saturated rings. The Labute approximate surface area is 188 Å². The van der Waals surface area contributed by atoms with Crippen molar-refractivity contribution in [1.29, 1.82) is 0 Å². The molecular weight excluding hydrogens is 436 g/mol. The number of thioether (sulfide) groups is 1. The molecule has 2 atom stereocenters. The SMILES string of the molecule is CCN(CC)S(=O)(=O)c1ccc2c(c1)nc(S[C@@H](C)C(=O)NC[C@H]1CCCO1)n2CC. The van der Waals surface area contributed by atoms with E-state index in [-0.39, 0.29) is 22.2 Å². The number of nitrogens with one attached hydrogen (secondary N) is 1. The first kappa shape index (κ1) is 24.0. The Balaban J connectivity index is 1.79. The number of sulfonamides is 1. The quantitative estimate of drug-likeness (QED) is 0.539. The van der Waals surface area contributed by atoms with Gasteiger partial charge in [-0.15, -0.1) is 0 Å². The van der Waals surface area contributed by atoms with Gasteiger partial charge in [-0.1, -0.05) is 25.6 Å². The van der Waals surface area contributed by atoms with Crippen LogP contribution < -0.4 is 5.32 Å². The molecule has 1 amide bonds. The lowest BCUT2D eigenvalue weighted by molar-refractivity contribution is -0.120. The van der Waals surface area contributed by atoms with Crippen molar-refractivity contribution in [3.05, 3.63) is 18.2 Å². The standard InChI is InChI=1S/C21H32N4O4S2/c1-5-24(6-2)31(27,28)17-10-11-19-18(13-17)23-21(25(19)7-3)30-15(4)20(26)22-14-16-9-8-12-29-16/h10-11,13,15-16H,5-9,12,14H2,1-4H3,(H,22,26)/t15-,16+/m0/s1. The fourth-order valence-corrected chi connectivity index (χ4v) is 6.22. The van der Waals surface area contributed by atoms with Gasteiger partial charge in [-0.25, -0.2) is 13.4 Å². The molecular formula is C21H32N4O4S2. The third kappa shape index (κ3) is 5.24. The lowest BCUT2D eigenvalue weighted by Crippen LogP contribution is -2.36. The summed E-state index contributed by atoms with van der Waals surface area (Å²) >= 11 is 1.38. The van der Waals surface area contributed by atoms with E-state index >= 15 is 0 Å². The summed E-state index contributed by atoms with van der Waals surface area (Å²) in [4.78, 5) is 17.4. The summed E-state index contributed by atoms with van der Waals surface area (Å²) in [6, 6.07) is 5.06. The number of imidazole rings is 1. The maximum atomic E-state index is 12.9. The van der Waals surface area contributed by atoms with E-state index in [2.05, 4.69) is 10.3 Å². The van der Waals surface area contributed by atoms with Gasteiger partial charge in [0.05, 0.1) is 27.3 Å². The van der Waals surface area contributed by atoms with Crippen LogP contribution in [0.25, 0.3) is 11.0 Å². The minimum Gasteiger partial charge on any atom is -0.376 e. The number of carbonyl (C=O) groups excluding carboxylic acids is 1. The van der Waals surface area contributed by atoms with Crippen LogP contribution in [0.3, 0.4) is 0 Å². The molecule has 3 rings (SSSR count). The van der Waals surface area contributed by atoms with Gasteiger partial charge in [0.1, 0.15) is 0 Å². The first-order valence-corrected chi connectivity index (χ1v) is 13.2. The van der Waals surface area contributed by atoms with Crippen molar-refractivity contribution in [3.8, 4) is 0 Å². The minimum absolute atomic E-state index is 0.0555. The number of hydrogen-bond donors (Lipinski definition) is 1. The molecule has 1 aliphatic heterocycles. The lowest BCUT2D eigenvalue weighted by Gasteiger charge is -2.18. The zero-order valence-corrected chi connectivity index (χ0v) is 20.3. The number of benzene rings is 1. The summed E-state index contributed by atoms with van der Waals surface area (Å²) in [5, 5.41) is 3.34. The molecule has 31 heavy (non-hydrogen) atoms. The molecule has 0 saturated carbocycles. The van der Waals surface area contributed by atoms with Gasteiger partial charge in [0.2, 0.25) is 15.9 Å². The van der Waals surface area contributed by atoms with Gasteiger partial charge < -0.3 is 14.6 Å². The van der Waals surface area contributed by atoms with Crippen molar-refractivity contribution in [1.82, 2.24) is 19.2 Å². The number of nitrogens with zero attached hydrogens (tertiary/aromatic N) is 3. The van der Waals surface area contributed by atoms with E-state index in [1.165, 1.54) is 16.1 Å². The summed E-state index contributed by atoms with van der Waals surface area (Å²) in [7, 11) is -3.55. The molecule has 1 aromatic carbocycles. The predicted octanol–water partition coefficient (Wildman–Crippen LogP) is 2.86. The second-order valence-corrected chi connectivity index (χ2v) is 10.8. The lowest BCUT2D eigenvalue weighted by atomic mass is 10.2. The van der Waals surface area contributed by atoms with Gasteiger partial charge in [0.25, 0.3) is 0 Å². The maximum Gasteiger partial charge on any atom is 0.243 e.